The van der Waals surface area contributed by atoms with Crippen LogP contribution in [0.15, 0.2) is 48.0 Å². The number of hydrogen-bond donors (Lipinski definition) is 3. The summed E-state index contributed by atoms with van der Waals surface area (Å²) < 4.78 is 24.9. The van der Waals surface area contributed by atoms with Crippen LogP contribution in [0.4, 0.5) is 20.0 Å². The van der Waals surface area contributed by atoms with Gasteiger partial charge in [-0.05, 0) is 30.3 Å². The molecule has 4 N–H and O–H groups in total. The van der Waals surface area contributed by atoms with Gasteiger partial charge in [-0.1, -0.05) is 6.07 Å². The van der Waals surface area contributed by atoms with Crippen molar-refractivity contribution in [2.24, 2.45) is 5.73 Å². The molecule has 8 nitrogen and oxygen atoms in total. The number of urea groups is 1. The monoisotopic (exact) mass is 402 g/mol. The van der Waals surface area contributed by atoms with Crippen molar-refractivity contribution >= 4 is 34.1 Å². The van der Waals surface area contributed by atoms with Crippen LogP contribution in [0.3, 0.4) is 0 Å². The van der Waals surface area contributed by atoms with E-state index in [2.05, 4.69) is 15.6 Å². The van der Waals surface area contributed by atoms with E-state index in [1.54, 1.807) is 5.38 Å². The van der Waals surface area contributed by atoms with E-state index in [0.29, 0.717) is 5.13 Å². The molecule has 3 amide bonds. The van der Waals surface area contributed by atoms with E-state index >= 15 is 0 Å². The maximum absolute atomic E-state index is 14.2. The number of aromatic nitrogens is 1. The Hall–Kier alpha value is -3.66. The van der Waals surface area contributed by atoms with Crippen molar-refractivity contribution < 1.29 is 23.5 Å². The largest absolute Gasteiger partial charge is 0.493 e. The lowest BCUT2D eigenvalue weighted by Crippen LogP contribution is -2.20. The number of methoxy groups -OCH3 is 1. The minimum Gasteiger partial charge on any atom is -0.493 e. The van der Waals surface area contributed by atoms with Gasteiger partial charge in [0.05, 0.1) is 12.8 Å². The van der Waals surface area contributed by atoms with Crippen LogP contribution in [0, 0.1) is 5.82 Å². The van der Waals surface area contributed by atoms with E-state index in [-0.39, 0.29) is 28.5 Å². The van der Waals surface area contributed by atoms with Gasteiger partial charge in [0.2, 0.25) is 11.7 Å². The first-order valence-electron chi connectivity index (χ1n) is 7.89. The molecule has 0 spiro atoms. The van der Waals surface area contributed by atoms with Crippen molar-refractivity contribution in [1.29, 1.82) is 0 Å². The lowest BCUT2D eigenvalue weighted by atomic mass is 10.1. The highest BCUT2D eigenvalue weighted by Crippen LogP contribution is 2.37. The van der Waals surface area contributed by atoms with Crippen LogP contribution >= 0.6 is 11.3 Å². The second-order valence-corrected chi connectivity index (χ2v) is 6.26. The average molecular weight is 402 g/mol. The molecule has 144 valence electrons. The first-order chi connectivity index (χ1) is 13.5. The van der Waals surface area contributed by atoms with Crippen molar-refractivity contribution in [2.45, 2.75) is 0 Å². The predicted molar refractivity (Wildman–Crippen MR) is 103 cm³/mol. The SMILES string of the molecule is COc1cccc(F)c1Oc1ccc(C(N)=O)cc1NC(=O)Nc1nccs1. The fourth-order valence-electron chi connectivity index (χ4n) is 2.26. The van der Waals surface area contributed by atoms with Gasteiger partial charge >= 0.3 is 6.03 Å². The average Bonchev–Trinajstić information content (AvgIpc) is 3.17. The van der Waals surface area contributed by atoms with Gasteiger partial charge < -0.3 is 20.5 Å². The lowest BCUT2D eigenvalue weighted by Gasteiger charge is -2.15. The number of benzene rings is 2. The number of halogens is 1. The number of nitrogens with two attached hydrogens (primary N) is 1. The third kappa shape index (κ3) is 4.35. The number of hydrogen-bond acceptors (Lipinski definition) is 6. The van der Waals surface area contributed by atoms with Gasteiger partial charge in [0, 0.05) is 17.1 Å². The van der Waals surface area contributed by atoms with Crippen LogP contribution in [-0.4, -0.2) is 24.0 Å². The maximum Gasteiger partial charge on any atom is 0.325 e. The molecular formula is C18H15FN4O4S. The Labute approximate surface area is 163 Å². The number of thiazole rings is 1. The number of nitrogens with one attached hydrogen (secondary N) is 2. The topological polar surface area (TPSA) is 116 Å². The molecule has 0 aliphatic rings. The van der Waals surface area contributed by atoms with Gasteiger partial charge in [0.25, 0.3) is 0 Å². The summed E-state index contributed by atoms with van der Waals surface area (Å²) in [5.41, 5.74) is 5.54. The minimum absolute atomic E-state index is 0.0858. The molecule has 28 heavy (non-hydrogen) atoms. The van der Waals surface area contributed by atoms with Crippen molar-refractivity contribution in [3.63, 3.8) is 0 Å². The van der Waals surface area contributed by atoms with Crippen LogP contribution in [-0.2, 0) is 0 Å². The van der Waals surface area contributed by atoms with E-state index in [0.717, 1.165) is 0 Å². The molecule has 0 fully saturated rings. The van der Waals surface area contributed by atoms with Crippen molar-refractivity contribution in [1.82, 2.24) is 4.98 Å². The Kier molecular flexibility index (Phi) is 5.70. The number of anilines is 2. The van der Waals surface area contributed by atoms with E-state index in [1.165, 1.54) is 61.0 Å². The number of primary amides is 1. The first kappa shape index (κ1) is 19.1. The molecule has 0 aliphatic heterocycles. The quantitative estimate of drug-likeness (QED) is 0.580. The molecule has 3 aromatic rings. The van der Waals surface area contributed by atoms with E-state index in [9.17, 15) is 14.0 Å². The van der Waals surface area contributed by atoms with Gasteiger partial charge in [0.1, 0.15) is 0 Å². The summed E-state index contributed by atoms with van der Waals surface area (Å²) in [5.74, 6) is -1.27. The standard InChI is InChI=1S/C18H15FN4O4S/c1-26-14-4-2-3-11(19)15(14)27-13-6-5-10(16(20)24)9-12(13)22-17(25)23-18-21-7-8-28-18/h2-9H,1H3,(H2,20,24)(H2,21,22,23,25). The summed E-state index contributed by atoms with van der Waals surface area (Å²) in [5, 5.41) is 7.15. The molecule has 0 bridgehead atoms. The van der Waals surface area contributed by atoms with Crippen LogP contribution in [0.25, 0.3) is 0 Å². The lowest BCUT2D eigenvalue weighted by molar-refractivity contribution is 0.1000. The zero-order valence-electron chi connectivity index (χ0n) is 14.6. The summed E-state index contributed by atoms with van der Waals surface area (Å²) in [4.78, 5) is 27.7. The fraction of sp³-hybridized carbons (Fsp3) is 0.0556. The number of rotatable bonds is 6. The fourth-order valence-corrected chi connectivity index (χ4v) is 2.79. The van der Waals surface area contributed by atoms with Crippen LogP contribution in [0.5, 0.6) is 17.2 Å². The van der Waals surface area contributed by atoms with E-state index < -0.39 is 17.8 Å². The van der Waals surface area contributed by atoms with Crippen molar-refractivity contribution in [2.75, 3.05) is 17.7 Å². The minimum atomic E-state index is -0.696. The van der Waals surface area contributed by atoms with Gasteiger partial charge in [-0.2, -0.15) is 0 Å². The molecule has 1 aromatic heterocycles. The van der Waals surface area contributed by atoms with Gasteiger partial charge in [-0.15, -0.1) is 11.3 Å². The Bertz CT molecular complexity index is 1010. The Morgan fingerprint density at radius 1 is 1.18 bits per heavy atom. The molecule has 0 unspecified atom stereocenters. The predicted octanol–water partition coefficient (Wildman–Crippen LogP) is 3.83. The summed E-state index contributed by atoms with van der Waals surface area (Å²) >= 11 is 1.23. The number of carbonyl (C=O) groups excluding carboxylic acids is 2. The molecule has 0 saturated heterocycles. The Morgan fingerprint density at radius 3 is 2.68 bits per heavy atom. The molecule has 0 radical (unpaired) electrons. The Balaban J connectivity index is 1.92. The van der Waals surface area contributed by atoms with Crippen molar-refractivity contribution in [3.8, 4) is 17.2 Å². The molecule has 10 heteroatoms. The van der Waals surface area contributed by atoms with Crippen LogP contribution in [0.2, 0.25) is 0 Å². The zero-order chi connectivity index (χ0) is 20.1. The molecule has 3 rings (SSSR count). The zero-order valence-corrected chi connectivity index (χ0v) is 15.4. The second kappa shape index (κ2) is 8.35. The normalized spacial score (nSPS) is 10.2. The summed E-state index contributed by atoms with van der Waals surface area (Å²) in [6.45, 7) is 0. The van der Waals surface area contributed by atoms with Crippen molar-refractivity contribution in [3.05, 3.63) is 59.4 Å². The molecule has 0 aliphatic carbocycles. The summed E-state index contributed by atoms with van der Waals surface area (Å²) in [6, 6.07) is 7.70. The smallest absolute Gasteiger partial charge is 0.325 e. The third-order valence-electron chi connectivity index (χ3n) is 3.53. The summed E-state index contributed by atoms with van der Waals surface area (Å²) in [7, 11) is 1.37. The molecule has 2 aromatic carbocycles. The summed E-state index contributed by atoms with van der Waals surface area (Å²) in [6.07, 6.45) is 1.53. The highest BCUT2D eigenvalue weighted by Gasteiger charge is 2.17. The third-order valence-corrected chi connectivity index (χ3v) is 4.22. The molecule has 1 heterocycles. The van der Waals surface area contributed by atoms with E-state index in [4.69, 9.17) is 15.2 Å². The number of ether oxygens (including phenoxy) is 2. The number of amides is 3. The number of para-hydroxylation sites is 1. The van der Waals surface area contributed by atoms with Gasteiger partial charge in [-0.25, -0.2) is 14.2 Å². The van der Waals surface area contributed by atoms with Crippen LogP contribution < -0.4 is 25.8 Å². The van der Waals surface area contributed by atoms with Gasteiger partial charge in [0.15, 0.2) is 22.4 Å². The molecule has 0 saturated carbocycles. The highest BCUT2D eigenvalue weighted by molar-refractivity contribution is 7.13. The van der Waals surface area contributed by atoms with Crippen LogP contribution in [0.1, 0.15) is 10.4 Å². The number of carbonyl (C=O) groups is 2. The number of nitrogens with zero attached hydrogens (tertiary/aromatic N) is 1. The maximum atomic E-state index is 14.2. The van der Waals surface area contributed by atoms with E-state index in [1.807, 2.05) is 0 Å². The second-order valence-electron chi connectivity index (χ2n) is 5.36. The molecule has 0 atom stereocenters. The first-order valence-corrected chi connectivity index (χ1v) is 8.77. The highest BCUT2D eigenvalue weighted by atomic mass is 32.1. The van der Waals surface area contributed by atoms with Gasteiger partial charge in [-0.3, -0.25) is 10.1 Å². The molecular weight excluding hydrogens is 387 g/mol. The Morgan fingerprint density at radius 2 is 2.00 bits per heavy atom.